The van der Waals surface area contributed by atoms with Gasteiger partial charge in [-0.05, 0) is 25.0 Å². The van der Waals surface area contributed by atoms with Gasteiger partial charge in [-0.15, -0.1) is 0 Å². The van der Waals surface area contributed by atoms with Crippen LogP contribution in [0.1, 0.15) is 49.7 Å². The van der Waals surface area contributed by atoms with Crippen LogP contribution in [0.25, 0.3) is 0 Å². The van der Waals surface area contributed by atoms with Crippen molar-refractivity contribution in [2.24, 2.45) is 11.5 Å². The van der Waals surface area contributed by atoms with E-state index in [0.717, 1.165) is 30.8 Å². The van der Waals surface area contributed by atoms with Gasteiger partial charge in [-0.3, -0.25) is 9.78 Å². The fourth-order valence-electron chi connectivity index (χ4n) is 3.05. The molecular formula is C19H27N7O. The van der Waals surface area contributed by atoms with E-state index < -0.39 is 5.91 Å². The predicted molar refractivity (Wildman–Crippen MR) is 106 cm³/mol. The van der Waals surface area contributed by atoms with Gasteiger partial charge in [-0.25, -0.2) is 4.98 Å². The lowest BCUT2D eigenvalue weighted by atomic mass is 9.91. The number of aromatic nitrogens is 3. The second-order valence-corrected chi connectivity index (χ2v) is 7.95. The first-order valence-corrected chi connectivity index (χ1v) is 9.15. The number of pyridine rings is 1. The van der Waals surface area contributed by atoms with Crippen molar-refractivity contribution in [2.45, 2.75) is 45.1 Å². The summed E-state index contributed by atoms with van der Waals surface area (Å²) in [4.78, 5) is 27.2. The van der Waals surface area contributed by atoms with Crippen molar-refractivity contribution >= 4 is 23.4 Å². The van der Waals surface area contributed by atoms with E-state index in [1.54, 1.807) is 6.20 Å². The van der Waals surface area contributed by atoms with Crippen LogP contribution >= 0.6 is 0 Å². The maximum Gasteiger partial charge on any atom is 0.254 e. The van der Waals surface area contributed by atoms with Crippen molar-refractivity contribution in [3.8, 4) is 0 Å². The average Bonchev–Trinajstić information content (AvgIpc) is 2.61. The molecular weight excluding hydrogens is 342 g/mol. The van der Waals surface area contributed by atoms with Gasteiger partial charge in [0.1, 0.15) is 11.4 Å². The predicted octanol–water partition coefficient (Wildman–Crippen LogP) is 1.94. The Morgan fingerprint density at radius 3 is 2.78 bits per heavy atom. The van der Waals surface area contributed by atoms with Gasteiger partial charge in [0.25, 0.3) is 5.91 Å². The van der Waals surface area contributed by atoms with E-state index in [1.807, 2.05) is 17.0 Å². The number of hydrogen-bond donors (Lipinski definition) is 3. The van der Waals surface area contributed by atoms with Crippen LogP contribution in [0, 0.1) is 0 Å². The Labute approximate surface area is 159 Å². The Kier molecular flexibility index (Phi) is 5.27. The lowest BCUT2D eigenvalue weighted by molar-refractivity contribution is 0.100. The van der Waals surface area contributed by atoms with Crippen LogP contribution in [0.3, 0.4) is 0 Å². The smallest absolute Gasteiger partial charge is 0.254 e. The molecule has 1 amide bonds. The van der Waals surface area contributed by atoms with Gasteiger partial charge in [0, 0.05) is 48.3 Å². The van der Waals surface area contributed by atoms with Crippen molar-refractivity contribution in [3.05, 3.63) is 35.8 Å². The molecule has 8 nitrogen and oxygen atoms in total. The lowest BCUT2D eigenvalue weighted by Crippen LogP contribution is -2.43. The highest BCUT2D eigenvalue weighted by Gasteiger charge is 2.22. The molecule has 0 bridgehead atoms. The molecule has 1 atom stereocenters. The zero-order valence-electron chi connectivity index (χ0n) is 16.1. The van der Waals surface area contributed by atoms with Gasteiger partial charge < -0.3 is 21.7 Å². The summed E-state index contributed by atoms with van der Waals surface area (Å²) in [6, 6.07) is 3.88. The van der Waals surface area contributed by atoms with Gasteiger partial charge in [0.15, 0.2) is 0 Å². The summed E-state index contributed by atoms with van der Waals surface area (Å²) in [6.07, 6.45) is 5.19. The quantitative estimate of drug-likeness (QED) is 0.752. The number of piperidine rings is 1. The van der Waals surface area contributed by atoms with E-state index in [2.05, 4.69) is 41.0 Å². The first-order chi connectivity index (χ1) is 12.7. The van der Waals surface area contributed by atoms with Crippen LogP contribution < -0.4 is 21.7 Å². The average molecular weight is 369 g/mol. The monoisotopic (exact) mass is 369 g/mol. The zero-order chi connectivity index (χ0) is 19.6. The molecule has 0 spiro atoms. The minimum atomic E-state index is -0.579. The normalized spacial score (nSPS) is 17.6. The van der Waals surface area contributed by atoms with Crippen LogP contribution in [0.2, 0.25) is 0 Å². The first kappa shape index (κ1) is 19.0. The van der Waals surface area contributed by atoms with Crippen molar-refractivity contribution in [1.82, 2.24) is 15.0 Å². The third-order valence-electron chi connectivity index (χ3n) is 4.57. The van der Waals surface area contributed by atoms with Crippen LogP contribution in [0.15, 0.2) is 24.5 Å². The number of amides is 1. The Bertz CT molecular complexity index is 831. The second-order valence-electron chi connectivity index (χ2n) is 7.95. The summed E-state index contributed by atoms with van der Waals surface area (Å²) in [7, 11) is 0. The maximum atomic E-state index is 11.8. The molecule has 2 aromatic rings. The first-order valence-electron chi connectivity index (χ1n) is 9.15. The fourth-order valence-corrected chi connectivity index (χ4v) is 3.05. The number of hydrogen-bond acceptors (Lipinski definition) is 7. The minimum Gasteiger partial charge on any atom is -0.365 e. The Morgan fingerprint density at radius 2 is 2.11 bits per heavy atom. The third kappa shape index (κ3) is 4.51. The van der Waals surface area contributed by atoms with E-state index in [9.17, 15) is 4.79 Å². The number of nitrogens with zero attached hydrogens (tertiary/aromatic N) is 4. The molecule has 0 unspecified atom stereocenters. The molecule has 2 aromatic heterocycles. The fraction of sp³-hybridized carbons (Fsp3) is 0.474. The number of nitrogens with one attached hydrogen (secondary N) is 1. The standard InChI is InChI=1S/C19H27N7O/c1-19(2,3)15-9-13(6-7-22-15)24-17-14(16(21)27)10-23-18(25-17)26-8-4-5-12(20)11-26/h6-7,9-10,12H,4-5,8,11,20H2,1-3H3,(H2,21,27)(H,22,23,24,25)/t12-/m0/s1. The molecule has 1 aliphatic rings. The van der Waals surface area contributed by atoms with Crippen molar-refractivity contribution in [2.75, 3.05) is 23.3 Å². The summed E-state index contributed by atoms with van der Waals surface area (Å²) in [5, 5.41) is 3.21. The minimum absolute atomic E-state index is 0.0923. The van der Waals surface area contributed by atoms with Gasteiger partial charge in [-0.2, -0.15) is 4.98 Å². The number of rotatable bonds is 4. The highest BCUT2D eigenvalue weighted by atomic mass is 16.1. The van der Waals surface area contributed by atoms with Crippen LogP contribution in [-0.2, 0) is 5.41 Å². The Hall–Kier alpha value is -2.74. The number of carbonyl (C=O) groups is 1. The molecule has 144 valence electrons. The Morgan fingerprint density at radius 1 is 1.33 bits per heavy atom. The highest BCUT2D eigenvalue weighted by molar-refractivity contribution is 5.98. The lowest BCUT2D eigenvalue weighted by Gasteiger charge is -2.31. The molecule has 0 saturated carbocycles. The number of anilines is 3. The van der Waals surface area contributed by atoms with Gasteiger partial charge in [0.05, 0.1) is 0 Å². The SMILES string of the molecule is CC(C)(C)c1cc(Nc2nc(N3CCC[C@H](N)C3)ncc2C(N)=O)ccn1. The number of carbonyl (C=O) groups excluding carboxylic acids is 1. The molecule has 27 heavy (non-hydrogen) atoms. The highest BCUT2D eigenvalue weighted by Crippen LogP contribution is 2.26. The summed E-state index contributed by atoms with van der Waals surface area (Å²) in [5.41, 5.74) is 13.5. The van der Waals surface area contributed by atoms with E-state index in [4.69, 9.17) is 11.5 Å². The third-order valence-corrected chi connectivity index (χ3v) is 4.57. The van der Waals surface area contributed by atoms with E-state index in [-0.39, 0.29) is 17.0 Å². The molecule has 3 heterocycles. The van der Waals surface area contributed by atoms with Crippen LogP contribution in [0.4, 0.5) is 17.5 Å². The van der Waals surface area contributed by atoms with E-state index in [0.29, 0.717) is 18.3 Å². The molecule has 0 aromatic carbocycles. The topological polar surface area (TPSA) is 123 Å². The zero-order valence-corrected chi connectivity index (χ0v) is 16.1. The molecule has 8 heteroatoms. The van der Waals surface area contributed by atoms with E-state index >= 15 is 0 Å². The van der Waals surface area contributed by atoms with Crippen molar-refractivity contribution in [3.63, 3.8) is 0 Å². The van der Waals surface area contributed by atoms with Gasteiger partial charge in [0.2, 0.25) is 5.95 Å². The molecule has 1 saturated heterocycles. The summed E-state index contributed by atoms with van der Waals surface area (Å²) < 4.78 is 0. The van der Waals surface area contributed by atoms with Crippen LogP contribution in [0.5, 0.6) is 0 Å². The molecule has 3 rings (SSSR count). The van der Waals surface area contributed by atoms with Crippen molar-refractivity contribution in [1.29, 1.82) is 0 Å². The molecule has 0 aliphatic carbocycles. The maximum absolute atomic E-state index is 11.8. The molecule has 1 aliphatic heterocycles. The summed E-state index contributed by atoms with van der Waals surface area (Å²) in [6.45, 7) is 7.81. The van der Waals surface area contributed by atoms with Gasteiger partial charge >= 0.3 is 0 Å². The van der Waals surface area contributed by atoms with E-state index in [1.165, 1.54) is 6.20 Å². The molecule has 0 radical (unpaired) electrons. The van der Waals surface area contributed by atoms with Crippen molar-refractivity contribution < 1.29 is 4.79 Å². The van der Waals surface area contributed by atoms with Gasteiger partial charge in [-0.1, -0.05) is 20.8 Å². The largest absolute Gasteiger partial charge is 0.365 e. The second kappa shape index (κ2) is 7.48. The van der Waals surface area contributed by atoms with Crippen LogP contribution in [-0.4, -0.2) is 40.0 Å². The Balaban J connectivity index is 1.93. The summed E-state index contributed by atoms with van der Waals surface area (Å²) in [5.74, 6) is 0.352. The number of primary amides is 1. The molecule has 1 fully saturated rings. The number of nitrogens with two attached hydrogens (primary N) is 2. The molecule has 5 N–H and O–H groups in total. The summed E-state index contributed by atoms with van der Waals surface area (Å²) >= 11 is 0.